The highest BCUT2D eigenvalue weighted by Crippen LogP contribution is 2.17. The molecule has 0 aliphatic carbocycles. The van der Waals surface area contributed by atoms with Gasteiger partial charge in [0.25, 0.3) is 0 Å². The van der Waals surface area contributed by atoms with Gasteiger partial charge in [-0.1, -0.05) is 6.92 Å². The van der Waals surface area contributed by atoms with Gasteiger partial charge in [0.1, 0.15) is 5.82 Å². The molecule has 0 spiro atoms. The summed E-state index contributed by atoms with van der Waals surface area (Å²) >= 11 is 0. The van der Waals surface area contributed by atoms with Crippen LogP contribution in [0.3, 0.4) is 0 Å². The van der Waals surface area contributed by atoms with E-state index in [2.05, 4.69) is 36.1 Å². The third-order valence-corrected chi connectivity index (χ3v) is 3.88. The van der Waals surface area contributed by atoms with Crippen molar-refractivity contribution in [2.24, 2.45) is 0 Å². The molecule has 0 bridgehead atoms. The summed E-state index contributed by atoms with van der Waals surface area (Å²) in [5.74, 6) is 0.936. The third-order valence-electron chi connectivity index (χ3n) is 3.88. The molecule has 0 amide bonds. The maximum absolute atomic E-state index is 5.78. The summed E-state index contributed by atoms with van der Waals surface area (Å²) in [7, 11) is 0. The van der Waals surface area contributed by atoms with E-state index in [0.29, 0.717) is 6.10 Å². The molecule has 1 unspecified atom stereocenters. The minimum Gasteiger partial charge on any atom is -0.378 e. The summed E-state index contributed by atoms with van der Waals surface area (Å²) in [6, 6.07) is 0. The van der Waals surface area contributed by atoms with Gasteiger partial charge in [0.2, 0.25) is 0 Å². The third kappa shape index (κ3) is 4.25. The van der Waals surface area contributed by atoms with E-state index in [4.69, 9.17) is 4.74 Å². The maximum atomic E-state index is 5.78. The largest absolute Gasteiger partial charge is 0.378 e. The molecule has 1 saturated heterocycles. The lowest BCUT2D eigenvalue weighted by Gasteiger charge is -2.22. The van der Waals surface area contributed by atoms with Crippen molar-refractivity contribution in [3.63, 3.8) is 0 Å². The minimum atomic E-state index is 0.312. The topological polar surface area (TPSA) is 47.0 Å². The van der Waals surface area contributed by atoms with Gasteiger partial charge in [-0.25, -0.2) is 9.97 Å². The zero-order chi connectivity index (χ0) is 14.4. The highest BCUT2D eigenvalue weighted by Gasteiger charge is 2.17. The molecule has 1 fully saturated rings. The fraction of sp³-hybridized carbons (Fsp3) is 0.750. The van der Waals surface area contributed by atoms with Crippen molar-refractivity contribution in [3.8, 4) is 0 Å². The van der Waals surface area contributed by atoms with Crippen LogP contribution in [0.2, 0.25) is 0 Å². The second-order valence-electron chi connectivity index (χ2n) is 5.66. The Bertz CT molecular complexity index is 405. The number of nitrogens with zero attached hydrogens (tertiary/aromatic N) is 2. The van der Waals surface area contributed by atoms with Crippen LogP contribution in [0.15, 0.2) is 0 Å². The van der Waals surface area contributed by atoms with Crippen molar-refractivity contribution >= 4 is 0 Å². The van der Waals surface area contributed by atoms with E-state index < -0.39 is 0 Å². The summed E-state index contributed by atoms with van der Waals surface area (Å²) < 4.78 is 5.78. The molecule has 1 aromatic rings. The van der Waals surface area contributed by atoms with Gasteiger partial charge in [0, 0.05) is 36.5 Å². The number of hydrogen-bond donors (Lipinski definition) is 1. The zero-order valence-corrected chi connectivity index (χ0v) is 13.0. The van der Waals surface area contributed by atoms with Crippen LogP contribution in [0.25, 0.3) is 0 Å². The number of rotatable bonds is 6. The van der Waals surface area contributed by atoms with Crippen LogP contribution >= 0.6 is 0 Å². The average Bonchev–Trinajstić information content (AvgIpc) is 2.43. The lowest BCUT2D eigenvalue weighted by Crippen LogP contribution is -2.23. The molecule has 4 heteroatoms. The molecule has 20 heavy (non-hydrogen) atoms. The van der Waals surface area contributed by atoms with Crippen LogP contribution in [0.4, 0.5) is 0 Å². The standard InChI is InChI=1S/C16H27N3O/c1-4-8-17-11-15-12(2)18-16(19-13(15)3)10-14-7-5-6-9-20-14/h14,17H,4-11H2,1-3H3. The second-order valence-corrected chi connectivity index (χ2v) is 5.66. The van der Waals surface area contributed by atoms with E-state index in [0.717, 1.165) is 56.2 Å². The first kappa shape index (κ1) is 15.4. The van der Waals surface area contributed by atoms with Crippen molar-refractivity contribution in [2.45, 2.75) is 65.5 Å². The number of hydrogen-bond acceptors (Lipinski definition) is 4. The number of aryl methyl sites for hydroxylation is 2. The molecule has 2 heterocycles. The Hall–Kier alpha value is -1.00. The molecular weight excluding hydrogens is 250 g/mol. The number of ether oxygens (including phenoxy) is 1. The van der Waals surface area contributed by atoms with Gasteiger partial charge in [-0.15, -0.1) is 0 Å². The van der Waals surface area contributed by atoms with E-state index >= 15 is 0 Å². The Kier molecular flexibility index (Phi) is 5.92. The molecule has 1 aliphatic heterocycles. The molecule has 0 radical (unpaired) electrons. The Morgan fingerprint density at radius 3 is 2.55 bits per heavy atom. The van der Waals surface area contributed by atoms with E-state index in [1.165, 1.54) is 18.4 Å². The predicted molar refractivity (Wildman–Crippen MR) is 80.8 cm³/mol. The van der Waals surface area contributed by atoms with Crippen LogP contribution in [0, 0.1) is 13.8 Å². The highest BCUT2D eigenvalue weighted by atomic mass is 16.5. The first-order valence-corrected chi connectivity index (χ1v) is 7.86. The molecule has 1 N–H and O–H groups in total. The van der Waals surface area contributed by atoms with Gasteiger partial charge in [0.15, 0.2) is 0 Å². The van der Waals surface area contributed by atoms with E-state index in [-0.39, 0.29) is 0 Å². The van der Waals surface area contributed by atoms with Crippen LogP contribution < -0.4 is 5.32 Å². The second kappa shape index (κ2) is 7.70. The van der Waals surface area contributed by atoms with Crippen LogP contribution in [-0.2, 0) is 17.7 Å². The fourth-order valence-corrected chi connectivity index (χ4v) is 2.72. The molecule has 0 saturated carbocycles. The van der Waals surface area contributed by atoms with Gasteiger partial charge in [0.05, 0.1) is 6.10 Å². The van der Waals surface area contributed by atoms with Crippen molar-refractivity contribution in [2.75, 3.05) is 13.2 Å². The van der Waals surface area contributed by atoms with Crippen molar-refractivity contribution in [3.05, 3.63) is 22.8 Å². The molecular formula is C16H27N3O. The first-order valence-electron chi connectivity index (χ1n) is 7.86. The first-order chi connectivity index (χ1) is 9.70. The maximum Gasteiger partial charge on any atom is 0.131 e. The van der Waals surface area contributed by atoms with Crippen molar-refractivity contribution in [1.29, 1.82) is 0 Å². The van der Waals surface area contributed by atoms with Gasteiger partial charge in [-0.05, 0) is 46.1 Å². The molecule has 0 aromatic carbocycles. The Morgan fingerprint density at radius 1 is 1.20 bits per heavy atom. The van der Waals surface area contributed by atoms with Crippen molar-refractivity contribution < 1.29 is 4.74 Å². The molecule has 1 aromatic heterocycles. The quantitative estimate of drug-likeness (QED) is 0.812. The number of nitrogens with one attached hydrogen (secondary N) is 1. The van der Waals surface area contributed by atoms with E-state index in [1.807, 2.05) is 0 Å². The summed E-state index contributed by atoms with van der Waals surface area (Å²) in [5.41, 5.74) is 3.45. The summed E-state index contributed by atoms with van der Waals surface area (Å²) in [6.07, 6.45) is 5.91. The molecule has 112 valence electrons. The Balaban J connectivity index is 2.00. The SMILES string of the molecule is CCCNCc1c(C)nc(CC2CCCCO2)nc1C. The summed E-state index contributed by atoms with van der Waals surface area (Å²) in [5, 5.41) is 3.43. The van der Waals surface area contributed by atoms with Crippen LogP contribution in [0.5, 0.6) is 0 Å². The molecule has 1 atom stereocenters. The van der Waals surface area contributed by atoms with Crippen molar-refractivity contribution in [1.82, 2.24) is 15.3 Å². The van der Waals surface area contributed by atoms with Crippen LogP contribution in [-0.4, -0.2) is 29.2 Å². The van der Waals surface area contributed by atoms with E-state index in [1.54, 1.807) is 0 Å². The van der Waals surface area contributed by atoms with E-state index in [9.17, 15) is 0 Å². The monoisotopic (exact) mass is 277 g/mol. The molecule has 1 aliphatic rings. The highest BCUT2D eigenvalue weighted by molar-refractivity contribution is 5.24. The minimum absolute atomic E-state index is 0.312. The van der Waals surface area contributed by atoms with Gasteiger partial charge < -0.3 is 10.1 Å². The summed E-state index contributed by atoms with van der Waals surface area (Å²) in [4.78, 5) is 9.35. The predicted octanol–water partition coefficient (Wildman–Crippen LogP) is 2.70. The summed E-state index contributed by atoms with van der Waals surface area (Å²) in [6.45, 7) is 9.14. The van der Waals surface area contributed by atoms with Gasteiger partial charge in [-0.3, -0.25) is 0 Å². The Morgan fingerprint density at radius 2 is 1.95 bits per heavy atom. The number of aromatic nitrogens is 2. The average molecular weight is 277 g/mol. The van der Waals surface area contributed by atoms with Gasteiger partial charge >= 0.3 is 0 Å². The molecule has 4 nitrogen and oxygen atoms in total. The normalized spacial score (nSPS) is 19.2. The lowest BCUT2D eigenvalue weighted by molar-refractivity contribution is 0.0156. The lowest BCUT2D eigenvalue weighted by atomic mass is 10.1. The zero-order valence-electron chi connectivity index (χ0n) is 13.0. The smallest absolute Gasteiger partial charge is 0.131 e. The van der Waals surface area contributed by atoms with Gasteiger partial charge in [-0.2, -0.15) is 0 Å². The Labute approximate surface area is 122 Å². The fourth-order valence-electron chi connectivity index (χ4n) is 2.72. The molecule has 2 rings (SSSR count). The van der Waals surface area contributed by atoms with Crippen LogP contribution in [0.1, 0.15) is 55.4 Å².